The number of ether oxygens (including phenoxy) is 1. The molecule has 1 aromatic rings. The molecule has 0 radical (unpaired) electrons. The highest BCUT2D eigenvalue weighted by Gasteiger charge is 2.19. The van der Waals surface area contributed by atoms with Gasteiger partial charge in [0.15, 0.2) is 5.75 Å². The second-order valence-corrected chi connectivity index (χ2v) is 5.34. The molecule has 0 amide bonds. The molecule has 1 aliphatic rings. The monoisotopic (exact) mass is 237 g/mol. The number of hydrogen-bond acceptors (Lipinski definition) is 3. The van der Waals surface area contributed by atoms with Gasteiger partial charge in [-0.25, -0.2) is 0 Å². The fourth-order valence-corrected chi connectivity index (χ4v) is 2.25. The number of nitrogens with two attached hydrogens (primary N) is 1. The maximum Gasteiger partial charge on any atom is 0.157 e. The van der Waals surface area contributed by atoms with Crippen LogP contribution in [0.4, 0.5) is 0 Å². The molecule has 0 unspecified atom stereocenters. The van der Waals surface area contributed by atoms with Gasteiger partial charge in [0.05, 0.1) is 19.0 Å². The van der Waals surface area contributed by atoms with Gasteiger partial charge < -0.3 is 10.5 Å². The van der Waals surface area contributed by atoms with E-state index in [2.05, 4.69) is 18.9 Å². The Morgan fingerprint density at radius 1 is 1.41 bits per heavy atom. The Hall–Kier alpha value is -1.03. The molecule has 0 bridgehead atoms. The zero-order valence-electron chi connectivity index (χ0n) is 10.8. The highest BCUT2D eigenvalue weighted by Crippen LogP contribution is 2.24. The molecular formula is C13H23N3O. The van der Waals surface area contributed by atoms with E-state index in [4.69, 9.17) is 10.5 Å². The molecule has 0 aromatic carbocycles. The number of rotatable bonds is 4. The molecule has 4 heteroatoms. The van der Waals surface area contributed by atoms with E-state index in [1.807, 2.05) is 10.9 Å². The third kappa shape index (κ3) is 3.46. The van der Waals surface area contributed by atoms with Crippen LogP contribution in [0.2, 0.25) is 0 Å². The minimum Gasteiger partial charge on any atom is -0.490 e. The molecule has 0 atom stereocenters. The van der Waals surface area contributed by atoms with Crippen molar-refractivity contribution in [1.29, 1.82) is 0 Å². The molecule has 0 aliphatic heterocycles. The van der Waals surface area contributed by atoms with Gasteiger partial charge in [-0.15, -0.1) is 0 Å². The highest BCUT2D eigenvalue weighted by molar-refractivity contribution is 5.12. The summed E-state index contributed by atoms with van der Waals surface area (Å²) in [6.07, 6.45) is 8.44. The Bertz CT molecular complexity index is 340. The minimum atomic E-state index is 0.389. The van der Waals surface area contributed by atoms with Crippen molar-refractivity contribution in [2.24, 2.45) is 11.7 Å². The van der Waals surface area contributed by atoms with E-state index >= 15 is 0 Å². The average molecular weight is 237 g/mol. The van der Waals surface area contributed by atoms with Gasteiger partial charge in [-0.1, -0.05) is 0 Å². The smallest absolute Gasteiger partial charge is 0.157 e. The highest BCUT2D eigenvalue weighted by atomic mass is 16.5. The van der Waals surface area contributed by atoms with Crippen molar-refractivity contribution in [3.63, 3.8) is 0 Å². The Balaban J connectivity index is 1.77. The Morgan fingerprint density at radius 3 is 2.71 bits per heavy atom. The summed E-state index contributed by atoms with van der Waals surface area (Å²) in [5.74, 6) is 1.55. The van der Waals surface area contributed by atoms with E-state index in [0.717, 1.165) is 25.2 Å². The lowest BCUT2D eigenvalue weighted by atomic mass is 9.87. The van der Waals surface area contributed by atoms with Crippen LogP contribution in [0, 0.1) is 5.92 Å². The molecule has 1 fully saturated rings. The van der Waals surface area contributed by atoms with E-state index in [-0.39, 0.29) is 0 Å². The number of hydrogen-bond donors (Lipinski definition) is 1. The van der Waals surface area contributed by atoms with Crippen molar-refractivity contribution in [3.05, 3.63) is 12.4 Å². The maximum absolute atomic E-state index is 5.89. The second-order valence-electron chi connectivity index (χ2n) is 5.34. The van der Waals surface area contributed by atoms with Gasteiger partial charge >= 0.3 is 0 Å². The van der Waals surface area contributed by atoms with Crippen LogP contribution in [0.15, 0.2) is 12.4 Å². The molecule has 0 spiro atoms. The van der Waals surface area contributed by atoms with E-state index in [1.54, 1.807) is 6.20 Å². The normalized spacial score (nSPS) is 25.2. The topological polar surface area (TPSA) is 53.1 Å². The SMILES string of the molecule is CC(C)n1cc(OCC2CCC(N)CC2)cn1. The van der Waals surface area contributed by atoms with Crippen molar-refractivity contribution < 1.29 is 4.74 Å². The summed E-state index contributed by atoms with van der Waals surface area (Å²) < 4.78 is 7.71. The molecule has 1 heterocycles. The standard InChI is InChI=1S/C13H23N3O/c1-10(2)16-8-13(7-15-16)17-9-11-3-5-12(14)6-4-11/h7-8,10-12H,3-6,9,14H2,1-2H3. The van der Waals surface area contributed by atoms with Crippen molar-refractivity contribution in [2.75, 3.05) is 6.61 Å². The molecular weight excluding hydrogens is 214 g/mol. The van der Waals surface area contributed by atoms with E-state index in [1.165, 1.54) is 12.8 Å². The largest absolute Gasteiger partial charge is 0.490 e. The number of nitrogens with zero attached hydrogens (tertiary/aromatic N) is 2. The Morgan fingerprint density at radius 2 is 2.12 bits per heavy atom. The van der Waals surface area contributed by atoms with Crippen molar-refractivity contribution >= 4 is 0 Å². The summed E-state index contributed by atoms with van der Waals surface area (Å²) >= 11 is 0. The third-order valence-electron chi connectivity index (χ3n) is 3.48. The predicted molar refractivity (Wildman–Crippen MR) is 68.0 cm³/mol. The van der Waals surface area contributed by atoms with E-state index in [9.17, 15) is 0 Å². The van der Waals surface area contributed by atoms with Crippen LogP contribution >= 0.6 is 0 Å². The Kier molecular flexibility index (Phi) is 4.05. The van der Waals surface area contributed by atoms with Crippen LogP contribution in [0.25, 0.3) is 0 Å². The van der Waals surface area contributed by atoms with Gasteiger partial charge in [-0.05, 0) is 45.4 Å². The van der Waals surface area contributed by atoms with Gasteiger partial charge in [0.2, 0.25) is 0 Å². The van der Waals surface area contributed by atoms with Crippen molar-refractivity contribution in [1.82, 2.24) is 9.78 Å². The van der Waals surface area contributed by atoms with Gasteiger partial charge in [0.1, 0.15) is 0 Å². The fraction of sp³-hybridized carbons (Fsp3) is 0.769. The number of aromatic nitrogens is 2. The molecule has 96 valence electrons. The zero-order valence-corrected chi connectivity index (χ0v) is 10.8. The molecule has 0 saturated heterocycles. The first-order valence-electron chi connectivity index (χ1n) is 6.57. The van der Waals surface area contributed by atoms with Gasteiger partial charge in [-0.3, -0.25) is 4.68 Å². The summed E-state index contributed by atoms with van der Waals surface area (Å²) in [6.45, 7) is 5.02. The van der Waals surface area contributed by atoms with Crippen molar-refractivity contribution in [3.8, 4) is 5.75 Å². The summed E-state index contributed by atoms with van der Waals surface area (Å²) in [4.78, 5) is 0. The molecule has 1 saturated carbocycles. The quantitative estimate of drug-likeness (QED) is 0.874. The van der Waals surface area contributed by atoms with Crippen LogP contribution in [0.3, 0.4) is 0 Å². The van der Waals surface area contributed by atoms with E-state index < -0.39 is 0 Å². The molecule has 2 rings (SSSR count). The van der Waals surface area contributed by atoms with Gasteiger partial charge in [0, 0.05) is 12.1 Å². The summed E-state index contributed by atoms with van der Waals surface area (Å²) in [7, 11) is 0. The molecule has 2 N–H and O–H groups in total. The second kappa shape index (κ2) is 5.54. The lowest BCUT2D eigenvalue weighted by Gasteiger charge is -2.25. The first kappa shape index (κ1) is 12.4. The summed E-state index contributed by atoms with van der Waals surface area (Å²) in [6, 6.07) is 0.801. The van der Waals surface area contributed by atoms with Crippen LogP contribution < -0.4 is 10.5 Å². The van der Waals surface area contributed by atoms with Gasteiger partial charge in [-0.2, -0.15) is 5.10 Å². The van der Waals surface area contributed by atoms with Crippen LogP contribution in [-0.4, -0.2) is 22.4 Å². The summed E-state index contributed by atoms with van der Waals surface area (Å²) in [5.41, 5.74) is 5.89. The Labute approximate surface area is 103 Å². The molecule has 1 aromatic heterocycles. The van der Waals surface area contributed by atoms with Crippen LogP contribution in [-0.2, 0) is 0 Å². The fourth-order valence-electron chi connectivity index (χ4n) is 2.25. The maximum atomic E-state index is 5.89. The van der Waals surface area contributed by atoms with E-state index in [0.29, 0.717) is 18.0 Å². The minimum absolute atomic E-state index is 0.389. The van der Waals surface area contributed by atoms with Crippen molar-refractivity contribution in [2.45, 2.75) is 51.6 Å². The predicted octanol–water partition coefficient (Wildman–Crippen LogP) is 2.36. The average Bonchev–Trinajstić information content (AvgIpc) is 2.77. The first-order chi connectivity index (χ1) is 8.15. The molecule has 17 heavy (non-hydrogen) atoms. The first-order valence-corrected chi connectivity index (χ1v) is 6.57. The van der Waals surface area contributed by atoms with Crippen LogP contribution in [0.1, 0.15) is 45.6 Å². The third-order valence-corrected chi connectivity index (χ3v) is 3.48. The molecule has 4 nitrogen and oxygen atoms in total. The molecule has 1 aliphatic carbocycles. The van der Waals surface area contributed by atoms with Gasteiger partial charge in [0.25, 0.3) is 0 Å². The summed E-state index contributed by atoms with van der Waals surface area (Å²) in [5, 5.41) is 4.26. The zero-order chi connectivity index (χ0) is 12.3. The lowest BCUT2D eigenvalue weighted by molar-refractivity contribution is 0.200. The van der Waals surface area contributed by atoms with Crippen LogP contribution in [0.5, 0.6) is 5.75 Å². The lowest BCUT2D eigenvalue weighted by Crippen LogP contribution is -2.28.